The van der Waals surface area contributed by atoms with E-state index in [1.165, 1.54) is 0 Å². The van der Waals surface area contributed by atoms with Crippen LogP contribution in [0.5, 0.6) is 0 Å². The average molecular weight is 387 g/mol. The van der Waals surface area contributed by atoms with Crippen LogP contribution in [0.25, 0.3) is 0 Å². The van der Waals surface area contributed by atoms with Gasteiger partial charge in [0.05, 0.1) is 44.1 Å². The maximum Gasteiger partial charge on any atom is 0.260 e. The van der Waals surface area contributed by atoms with E-state index in [1.807, 2.05) is 6.92 Å². The Morgan fingerprint density at radius 3 is 2.39 bits per heavy atom. The minimum atomic E-state index is -0.409. The molecular weight excluding hydrogens is 362 g/mol. The summed E-state index contributed by atoms with van der Waals surface area (Å²) in [5, 5.41) is 5.34. The first-order valence-corrected chi connectivity index (χ1v) is 8.94. The normalized spacial score (nSPS) is 10.5. The summed E-state index contributed by atoms with van der Waals surface area (Å²) in [7, 11) is 0. The van der Waals surface area contributed by atoms with Crippen LogP contribution in [-0.2, 0) is 14.3 Å². The molecule has 28 heavy (non-hydrogen) atoms. The van der Waals surface area contributed by atoms with Gasteiger partial charge in [0.25, 0.3) is 5.91 Å². The highest BCUT2D eigenvalue weighted by Crippen LogP contribution is 2.16. The number of benzene rings is 1. The Hall–Kier alpha value is -2.88. The second-order valence-electron chi connectivity index (χ2n) is 5.90. The molecule has 0 radical (unpaired) electrons. The first kappa shape index (κ1) is 21.4. The van der Waals surface area contributed by atoms with Gasteiger partial charge in [0.15, 0.2) is 0 Å². The second kappa shape index (κ2) is 11.8. The van der Waals surface area contributed by atoms with Crippen molar-refractivity contribution in [1.82, 2.24) is 9.97 Å². The third kappa shape index (κ3) is 7.39. The van der Waals surface area contributed by atoms with Crippen molar-refractivity contribution in [2.45, 2.75) is 13.3 Å². The number of hydrogen-bond donors (Lipinski definition) is 3. The van der Waals surface area contributed by atoms with Crippen LogP contribution in [0.15, 0.2) is 36.7 Å². The monoisotopic (exact) mass is 387 g/mol. The molecule has 1 aromatic carbocycles. The highest BCUT2D eigenvalue weighted by atomic mass is 16.5. The number of amides is 2. The first-order valence-electron chi connectivity index (χ1n) is 8.94. The van der Waals surface area contributed by atoms with Crippen LogP contribution in [0, 0.1) is 6.92 Å². The molecule has 9 nitrogen and oxygen atoms in total. The van der Waals surface area contributed by atoms with E-state index in [0.29, 0.717) is 37.6 Å². The van der Waals surface area contributed by atoms with E-state index in [2.05, 4.69) is 20.6 Å². The van der Waals surface area contributed by atoms with Crippen molar-refractivity contribution in [1.29, 1.82) is 0 Å². The zero-order chi connectivity index (χ0) is 20.2. The molecule has 2 rings (SSSR count). The van der Waals surface area contributed by atoms with Gasteiger partial charge in [0.2, 0.25) is 11.9 Å². The molecular formula is C19H25N5O4. The summed E-state index contributed by atoms with van der Waals surface area (Å²) >= 11 is 0. The number of para-hydroxylation sites is 1. The third-order valence-corrected chi connectivity index (χ3v) is 3.56. The molecule has 2 aromatic rings. The Kier molecular flexibility index (Phi) is 8.99. The maximum atomic E-state index is 12.5. The lowest BCUT2D eigenvalue weighted by molar-refractivity contribution is -0.117. The zero-order valence-corrected chi connectivity index (χ0v) is 15.8. The van der Waals surface area contributed by atoms with Crippen LogP contribution in [0.3, 0.4) is 0 Å². The molecule has 9 heteroatoms. The molecule has 1 heterocycles. The fourth-order valence-corrected chi connectivity index (χ4v) is 2.20. The van der Waals surface area contributed by atoms with Gasteiger partial charge in [0.1, 0.15) is 0 Å². The van der Waals surface area contributed by atoms with E-state index < -0.39 is 5.91 Å². The minimum absolute atomic E-state index is 0.161. The number of ether oxygens (including phenoxy) is 2. The molecule has 4 N–H and O–H groups in total. The van der Waals surface area contributed by atoms with Crippen molar-refractivity contribution < 1.29 is 19.1 Å². The number of carbonyl (C=O) groups is 2. The number of aromatic nitrogens is 2. The SMILES string of the molecule is Cc1cnc(NC(=O)c2ccccc2NC(=O)CCOCCOCCN)nc1. The zero-order valence-electron chi connectivity index (χ0n) is 15.8. The van der Waals surface area contributed by atoms with Crippen molar-refractivity contribution in [3.63, 3.8) is 0 Å². The predicted octanol–water partition coefficient (Wildman–Crippen LogP) is 1.36. The number of nitrogens with two attached hydrogens (primary N) is 1. The first-order chi connectivity index (χ1) is 13.6. The van der Waals surface area contributed by atoms with Gasteiger partial charge in [-0.15, -0.1) is 0 Å². The smallest absolute Gasteiger partial charge is 0.260 e. The molecule has 0 aliphatic rings. The van der Waals surface area contributed by atoms with Crippen molar-refractivity contribution in [2.24, 2.45) is 5.73 Å². The third-order valence-electron chi connectivity index (χ3n) is 3.56. The van der Waals surface area contributed by atoms with E-state index in [9.17, 15) is 9.59 Å². The van der Waals surface area contributed by atoms with Gasteiger partial charge in [-0.25, -0.2) is 9.97 Å². The standard InChI is InChI=1S/C19H25N5O4/c1-14-12-21-19(22-13-14)24-18(26)15-4-2-3-5-16(15)23-17(25)6-8-27-10-11-28-9-7-20/h2-5,12-13H,6-11,20H2,1H3,(H,23,25)(H,21,22,24,26). The van der Waals surface area contributed by atoms with Crippen molar-refractivity contribution in [3.05, 3.63) is 47.8 Å². The van der Waals surface area contributed by atoms with Crippen LogP contribution in [0.1, 0.15) is 22.3 Å². The summed E-state index contributed by atoms with van der Waals surface area (Å²) in [6.07, 6.45) is 3.38. The van der Waals surface area contributed by atoms with Crippen molar-refractivity contribution in [3.8, 4) is 0 Å². The molecule has 0 saturated heterocycles. The number of rotatable bonds is 11. The molecule has 1 aromatic heterocycles. The van der Waals surface area contributed by atoms with E-state index in [0.717, 1.165) is 5.56 Å². The quantitative estimate of drug-likeness (QED) is 0.497. The van der Waals surface area contributed by atoms with Crippen molar-refractivity contribution in [2.75, 3.05) is 43.6 Å². The van der Waals surface area contributed by atoms with Gasteiger partial charge in [-0.1, -0.05) is 12.1 Å². The summed E-state index contributed by atoms with van der Waals surface area (Å²) < 4.78 is 10.5. The second-order valence-corrected chi connectivity index (χ2v) is 5.90. The fraction of sp³-hybridized carbons (Fsp3) is 0.368. The predicted molar refractivity (Wildman–Crippen MR) is 105 cm³/mol. The summed E-state index contributed by atoms with van der Waals surface area (Å²) in [6.45, 7) is 3.88. The lowest BCUT2D eigenvalue weighted by Gasteiger charge is -2.11. The summed E-state index contributed by atoms with van der Waals surface area (Å²) in [4.78, 5) is 32.7. The Morgan fingerprint density at radius 1 is 1.00 bits per heavy atom. The Balaban J connectivity index is 1.84. The van der Waals surface area contributed by atoms with Crippen LogP contribution in [0.2, 0.25) is 0 Å². The van der Waals surface area contributed by atoms with Crippen molar-refractivity contribution >= 4 is 23.5 Å². The number of carbonyl (C=O) groups excluding carboxylic acids is 2. The van der Waals surface area contributed by atoms with Gasteiger partial charge in [-0.2, -0.15) is 0 Å². The molecule has 0 atom stereocenters. The lowest BCUT2D eigenvalue weighted by Crippen LogP contribution is -2.20. The van der Waals surface area contributed by atoms with Crippen LogP contribution in [0.4, 0.5) is 11.6 Å². The molecule has 0 fully saturated rings. The summed E-state index contributed by atoms with van der Waals surface area (Å²) in [5.74, 6) is -0.468. The van der Waals surface area contributed by atoms with Crippen LogP contribution >= 0.6 is 0 Å². The fourth-order valence-electron chi connectivity index (χ4n) is 2.20. The molecule has 2 amide bonds. The van der Waals surface area contributed by atoms with E-state index >= 15 is 0 Å². The minimum Gasteiger partial charge on any atom is -0.379 e. The van der Waals surface area contributed by atoms with Gasteiger partial charge in [0, 0.05) is 18.9 Å². The summed E-state index contributed by atoms with van der Waals surface area (Å²) in [6, 6.07) is 6.72. The molecule has 0 spiro atoms. The highest BCUT2D eigenvalue weighted by molar-refractivity contribution is 6.09. The van der Waals surface area contributed by atoms with Gasteiger partial charge >= 0.3 is 0 Å². The molecule has 0 aliphatic heterocycles. The number of nitrogens with zero attached hydrogens (tertiary/aromatic N) is 2. The number of anilines is 2. The largest absolute Gasteiger partial charge is 0.379 e. The number of aryl methyl sites for hydroxylation is 1. The van der Waals surface area contributed by atoms with Crippen LogP contribution in [-0.4, -0.2) is 54.8 Å². The Bertz CT molecular complexity index is 767. The van der Waals surface area contributed by atoms with Gasteiger partial charge in [-0.05, 0) is 24.6 Å². The Morgan fingerprint density at radius 2 is 1.68 bits per heavy atom. The van der Waals surface area contributed by atoms with Crippen LogP contribution < -0.4 is 16.4 Å². The van der Waals surface area contributed by atoms with Gasteiger partial charge < -0.3 is 20.5 Å². The van der Waals surface area contributed by atoms with Gasteiger partial charge in [-0.3, -0.25) is 14.9 Å². The summed E-state index contributed by atoms with van der Waals surface area (Å²) in [5.41, 5.74) is 6.92. The molecule has 0 unspecified atom stereocenters. The van der Waals surface area contributed by atoms with E-state index in [4.69, 9.17) is 15.2 Å². The Labute approximate surface area is 163 Å². The highest BCUT2D eigenvalue weighted by Gasteiger charge is 2.14. The topological polar surface area (TPSA) is 128 Å². The number of hydrogen-bond acceptors (Lipinski definition) is 7. The van der Waals surface area contributed by atoms with E-state index in [-0.39, 0.29) is 24.9 Å². The van der Waals surface area contributed by atoms with E-state index in [1.54, 1.807) is 36.7 Å². The lowest BCUT2D eigenvalue weighted by atomic mass is 10.1. The molecule has 150 valence electrons. The maximum absolute atomic E-state index is 12.5. The molecule has 0 saturated carbocycles. The molecule has 0 bridgehead atoms. The molecule has 0 aliphatic carbocycles. The average Bonchev–Trinajstić information content (AvgIpc) is 2.69. The number of nitrogens with one attached hydrogen (secondary N) is 2.